The number of amides is 1. The number of rotatable bonds is 5. The summed E-state index contributed by atoms with van der Waals surface area (Å²) in [5.41, 5.74) is 4.86. The van der Waals surface area contributed by atoms with Crippen LogP contribution in [-0.4, -0.2) is 16.7 Å². The van der Waals surface area contributed by atoms with Crippen molar-refractivity contribution in [1.82, 2.24) is 5.43 Å². The van der Waals surface area contributed by atoms with E-state index in [1.165, 1.54) is 0 Å². The van der Waals surface area contributed by atoms with Crippen molar-refractivity contribution in [3.63, 3.8) is 0 Å². The lowest BCUT2D eigenvalue weighted by molar-refractivity contribution is -0.121. The van der Waals surface area contributed by atoms with Crippen molar-refractivity contribution in [1.29, 1.82) is 0 Å². The second-order valence-electron chi connectivity index (χ2n) is 5.90. The molecule has 4 heteroatoms. The Morgan fingerprint density at radius 2 is 1.72 bits per heavy atom. The van der Waals surface area contributed by atoms with Crippen LogP contribution in [0.4, 0.5) is 0 Å². The molecule has 0 saturated carbocycles. The van der Waals surface area contributed by atoms with Crippen LogP contribution in [0.5, 0.6) is 5.75 Å². The smallest absolute Gasteiger partial charge is 0.240 e. The van der Waals surface area contributed by atoms with Gasteiger partial charge >= 0.3 is 0 Å². The lowest BCUT2D eigenvalue weighted by Crippen LogP contribution is -2.19. The predicted molar refractivity (Wildman–Crippen MR) is 101 cm³/mol. The number of aryl methyl sites for hydroxylation is 1. The normalized spacial score (nSPS) is 11.5. The van der Waals surface area contributed by atoms with E-state index in [0.29, 0.717) is 24.1 Å². The molecule has 0 aliphatic carbocycles. The second kappa shape index (κ2) is 7.62. The van der Waals surface area contributed by atoms with Crippen molar-refractivity contribution in [3.05, 3.63) is 77.9 Å². The van der Waals surface area contributed by atoms with Gasteiger partial charge in [0.1, 0.15) is 5.75 Å². The van der Waals surface area contributed by atoms with E-state index in [-0.39, 0.29) is 11.7 Å². The monoisotopic (exact) mass is 332 g/mol. The highest BCUT2D eigenvalue weighted by atomic mass is 16.3. The zero-order chi connectivity index (χ0) is 17.6. The van der Waals surface area contributed by atoms with Crippen LogP contribution in [0.3, 0.4) is 0 Å². The zero-order valence-electron chi connectivity index (χ0n) is 14.1. The third-order valence-corrected chi connectivity index (χ3v) is 4.12. The van der Waals surface area contributed by atoms with Gasteiger partial charge in [-0.1, -0.05) is 60.7 Å². The standard InChI is InChI=1S/C21H20N2O2/c1-15(18-13-12-17-9-5-6-10-19(17)21(18)25)22-23-20(24)14-11-16-7-3-2-4-8-16/h2-10,12-13,25H,11,14H2,1H3,(H,23,24)/b22-15-. The Bertz CT molecular complexity index is 918. The Morgan fingerprint density at radius 3 is 2.52 bits per heavy atom. The number of fused-ring (bicyclic) bond motifs is 1. The van der Waals surface area contributed by atoms with Gasteiger partial charge in [0.15, 0.2) is 0 Å². The Labute approximate surface area is 146 Å². The topological polar surface area (TPSA) is 61.7 Å². The van der Waals surface area contributed by atoms with Gasteiger partial charge < -0.3 is 5.11 Å². The van der Waals surface area contributed by atoms with Gasteiger partial charge in [-0.3, -0.25) is 4.79 Å². The maximum absolute atomic E-state index is 12.0. The number of hydrogen-bond acceptors (Lipinski definition) is 3. The van der Waals surface area contributed by atoms with Crippen molar-refractivity contribution in [3.8, 4) is 5.75 Å². The SMILES string of the molecule is C/C(=N/NC(=O)CCc1ccccc1)c1ccc2ccccc2c1O. The Balaban J connectivity index is 1.67. The number of hydrazone groups is 1. The summed E-state index contributed by atoms with van der Waals surface area (Å²) < 4.78 is 0. The third-order valence-electron chi connectivity index (χ3n) is 4.12. The van der Waals surface area contributed by atoms with Gasteiger partial charge in [-0.05, 0) is 30.4 Å². The first-order chi connectivity index (χ1) is 12.1. The molecule has 4 nitrogen and oxygen atoms in total. The van der Waals surface area contributed by atoms with E-state index in [0.717, 1.165) is 16.3 Å². The molecule has 0 unspecified atom stereocenters. The summed E-state index contributed by atoms with van der Waals surface area (Å²) in [6.07, 6.45) is 1.03. The first-order valence-electron chi connectivity index (χ1n) is 8.23. The minimum Gasteiger partial charge on any atom is -0.507 e. The average molecular weight is 332 g/mol. The molecular weight excluding hydrogens is 312 g/mol. The van der Waals surface area contributed by atoms with Gasteiger partial charge in [0.2, 0.25) is 5.91 Å². The highest BCUT2D eigenvalue weighted by Gasteiger charge is 2.09. The molecule has 0 bridgehead atoms. The molecule has 0 radical (unpaired) electrons. The molecule has 3 rings (SSSR count). The van der Waals surface area contributed by atoms with Crippen LogP contribution in [-0.2, 0) is 11.2 Å². The summed E-state index contributed by atoms with van der Waals surface area (Å²) in [6, 6.07) is 21.2. The largest absolute Gasteiger partial charge is 0.507 e. The fourth-order valence-corrected chi connectivity index (χ4v) is 2.71. The minimum atomic E-state index is -0.150. The fourth-order valence-electron chi connectivity index (χ4n) is 2.71. The van der Waals surface area contributed by atoms with E-state index in [1.54, 1.807) is 6.92 Å². The van der Waals surface area contributed by atoms with Crippen LogP contribution in [0.25, 0.3) is 10.8 Å². The number of nitrogens with zero attached hydrogens (tertiary/aromatic N) is 1. The molecule has 0 heterocycles. The van der Waals surface area contributed by atoms with Crippen LogP contribution < -0.4 is 5.43 Å². The minimum absolute atomic E-state index is 0.150. The molecular formula is C21H20N2O2. The number of carbonyl (C=O) groups excluding carboxylic acids is 1. The maximum Gasteiger partial charge on any atom is 0.240 e. The first kappa shape index (κ1) is 16.7. The van der Waals surface area contributed by atoms with Gasteiger partial charge in [-0.25, -0.2) is 5.43 Å². The molecule has 0 fully saturated rings. The third kappa shape index (κ3) is 4.04. The molecule has 0 atom stereocenters. The molecule has 25 heavy (non-hydrogen) atoms. The van der Waals surface area contributed by atoms with E-state index in [4.69, 9.17) is 0 Å². The average Bonchev–Trinajstić information content (AvgIpc) is 2.66. The van der Waals surface area contributed by atoms with Crippen molar-refractivity contribution in [2.75, 3.05) is 0 Å². The quantitative estimate of drug-likeness (QED) is 0.547. The highest BCUT2D eigenvalue weighted by Crippen LogP contribution is 2.28. The molecule has 0 aliphatic rings. The lowest BCUT2D eigenvalue weighted by atomic mass is 10.0. The van der Waals surface area contributed by atoms with Crippen LogP contribution in [0.1, 0.15) is 24.5 Å². The summed E-state index contributed by atoms with van der Waals surface area (Å²) in [6.45, 7) is 1.77. The number of phenolic OH excluding ortho intramolecular Hbond substituents is 1. The maximum atomic E-state index is 12.0. The molecule has 3 aromatic carbocycles. The van der Waals surface area contributed by atoms with Gasteiger partial charge in [0, 0.05) is 17.4 Å². The zero-order valence-corrected chi connectivity index (χ0v) is 14.1. The number of carbonyl (C=O) groups is 1. The lowest BCUT2D eigenvalue weighted by Gasteiger charge is -2.08. The van der Waals surface area contributed by atoms with Crippen LogP contribution >= 0.6 is 0 Å². The number of phenols is 1. The van der Waals surface area contributed by atoms with Crippen molar-refractivity contribution < 1.29 is 9.90 Å². The van der Waals surface area contributed by atoms with Gasteiger partial charge in [0.05, 0.1) is 5.71 Å². The summed E-state index contributed by atoms with van der Waals surface area (Å²) in [7, 11) is 0. The van der Waals surface area contributed by atoms with Crippen molar-refractivity contribution >= 4 is 22.4 Å². The van der Waals surface area contributed by atoms with E-state index in [1.807, 2.05) is 66.7 Å². The van der Waals surface area contributed by atoms with Crippen LogP contribution in [0.15, 0.2) is 71.8 Å². The van der Waals surface area contributed by atoms with E-state index >= 15 is 0 Å². The number of benzene rings is 3. The molecule has 0 aliphatic heterocycles. The Hall–Kier alpha value is -3.14. The van der Waals surface area contributed by atoms with Gasteiger partial charge in [-0.15, -0.1) is 0 Å². The summed E-state index contributed by atoms with van der Waals surface area (Å²) in [4.78, 5) is 12.0. The predicted octanol–water partition coefficient (Wildman–Crippen LogP) is 4.02. The van der Waals surface area contributed by atoms with Gasteiger partial charge in [-0.2, -0.15) is 5.10 Å². The highest BCUT2D eigenvalue weighted by molar-refractivity contribution is 6.06. The molecule has 2 N–H and O–H groups in total. The second-order valence-corrected chi connectivity index (χ2v) is 5.90. The van der Waals surface area contributed by atoms with Gasteiger partial charge in [0.25, 0.3) is 0 Å². The first-order valence-corrected chi connectivity index (χ1v) is 8.23. The Kier molecular flexibility index (Phi) is 5.09. The van der Waals surface area contributed by atoms with Crippen LogP contribution in [0.2, 0.25) is 0 Å². The summed E-state index contributed by atoms with van der Waals surface area (Å²) in [5.74, 6) is 0.0290. The summed E-state index contributed by atoms with van der Waals surface area (Å²) in [5, 5.41) is 16.3. The fraction of sp³-hybridized carbons (Fsp3) is 0.143. The molecule has 0 aromatic heterocycles. The van der Waals surface area contributed by atoms with Crippen molar-refractivity contribution in [2.45, 2.75) is 19.8 Å². The molecule has 0 saturated heterocycles. The molecule has 1 amide bonds. The molecule has 0 spiro atoms. The number of aromatic hydroxyl groups is 1. The molecule has 126 valence electrons. The number of nitrogens with one attached hydrogen (secondary N) is 1. The van der Waals surface area contributed by atoms with Crippen molar-refractivity contribution in [2.24, 2.45) is 5.10 Å². The molecule has 3 aromatic rings. The van der Waals surface area contributed by atoms with E-state index < -0.39 is 0 Å². The van der Waals surface area contributed by atoms with E-state index in [2.05, 4.69) is 10.5 Å². The van der Waals surface area contributed by atoms with E-state index in [9.17, 15) is 9.90 Å². The number of hydrogen-bond donors (Lipinski definition) is 2. The summed E-state index contributed by atoms with van der Waals surface area (Å²) >= 11 is 0. The Morgan fingerprint density at radius 1 is 1.00 bits per heavy atom. The van der Waals surface area contributed by atoms with Crippen LogP contribution in [0, 0.1) is 0 Å².